The van der Waals surface area contributed by atoms with Crippen LogP contribution in [0.5, 0.6) is 5.75 Å². The van der Waals surface area contributed by atoms with Gasteiger partial charge in [0.2, 0.25) is 0 Å². The van der Waals surface area contributed by atoms with E-state index in [1.165, 1.54) is 7.11 Å². The summed E-state index contributed by atoms with van der Waals surface area (Å²) in [7, 11) is 1.20. The molecule has 0 spiro atoms. The fourth-order valence-corrected chi connectivity index (χ4v) is 0.950. The van der Waals surface area contributed by atoms with Crippen molar-refractivity contribution in [2.75, 3.05) is 7.11 Å². The van der Waals surface area contributed by atoms with Crippen molar-refractivity contribution in [1.82, 2.24) is 0 Å². The Morgan fingerprint density at radius 3 is 2.54 bits per heavy atom. The summed E-state index contributed by atoms with van der Waals surface area (Å²) >= 11 is 0. The fourth-order valence-electron chi connectivity index (χ4n) is 0.950. The molecule has 0 heterocycles. The van der Waals surface area contributed by atoms with Crippen molar-refractivity contribution in [3.05, 3.63) is 29.3 Å². The highest BCUT2D eigenvalue weighted by Gasteiger charge is 2.16. The summed E-state index contributed by atoms with van der Waals surface area (Å²) in [6, 6.07) is 1.46. The van der Waals surface area contributed by atoms with Gasteiger partial charge in [0.25, 0.3) is 5.91 Å². The summed E-state index contributed by atoms with van der Waals surface area (Å²) in [5.74, 6) is -3.04. The molecule has 1 rings (SSSR count). The molecule has 5 heteroatoms. The van der Waals surface area contributed by atoms with Crippen molar-refractivity contribution < 1.29 is 18.3 Å². The highest BCUT2D eigenvalue weighted by molar-refractivity contribution is 5.95. The first-order valence-corrected chi connectivity index (χ1v) is 3.39. The third-order valence-corrected chi connectivity index (χ3v) is 1.49. The first kappa shape index (κ1) is 9.44. The lowest BCUT2D eigenvalue weighted by Crippen LogP contribution is -2.15. The van der Waals surface area contributed by atoms with Crippen molar-refractivity contribution in [2.24, 2.45) is 5.73 Å². The predicted octanol–water partition coefficient (Wildman–Crippen LogP) is 1.07. The minimum absolute atomic E-state index is 0.204. The summed E-state index contributed by atoms with van der Waals surface area (Å²) in [5.41, 5.74) is 4.42. The van der Waals surface area contributed by atoms with Crippen molar-refractivity contribution in [3.63, 3.8) is 0 Å². The molecule has 1 aromatic carbocycles. The molecule has 70 valence electrons. The molecule has 0 bridgehead atoms. The lowest BCUT2D eigenvalue weighted by molar-refractivity contribution is 0.0993. The van der Waals surface area contributed by atoms with Crippen LogP contribution in [0.25, 0.3) is 0 Å². The minimum Gasteiger partial charge on any atom is -0.496 e. The second-order valence-corrected chi connectivity index (χ2v) is 2.33. The van der Waals surface area contributed by atoms with Crippen LogP contribution in [0.4, 0.5) is 8.78 Å². The van der Waals surface area contributed by atoms with Gasteiger partial charge in [-0.3, -0.25) is 4.79 Å². The summed E-state index contributed by atoms with van der Waals surface area (Å²) in [4.78, 5) is 10.7. The smallest absolute Gasteiger partial charge is 0.255 e. The average molecular weight is 187 g/mol. The van der Waals surface area contributed by atoms with Crippen LogP contribution >= 0.6 is 0 Å². The number of methoxy groups -OCH3 is 1. The van der Waals surface area contributed by atoms with Gasteiger partial charge in [0.1, 0.15) is 22.9 Å². The monoisotopic (exact) mass is 187 g/mol. The summed E-state index contributed by atoms with van der Waals surface area (Å²) in [5, 5.41) is 0. The molecular formula is C8H7F2NO2. The minimum atomic E-state index is -1.02. The van der Waals surface area contributed by atoms with Gasteiger partial charge in [-0.25, -0.2) is 8.78 Å². The molecule has 0 saturated carbocycles. The molecule has 1 amide bonds. The molecule has 0 saturated heterocycles. The average Bonchev–Trinajstić information content (AvgIpc) is 2.01. The summed E-state index contributed by atoms with van der Waals surface area (Å²) < 4.78 is 30.1. The molecule has 1 aromatic rings. The van der Waals surface area contributed by atoms with E-state index in [2.05, 4.69) is 4.74 Å². The number of rotatable bonds is 2. The van der Waals surface area contributed by atoms with E-state index in [9.17, 15) is 13.6 Å². The van der Waals surface area contributed by atoms with E-state index in [0.717, 1.165) is 6.07 Å². The SMILES string of the molecule is COc1cc(F)cc(F)c1C(N)=O. The highest BCUT2D eigenvalue weighted by atomic mass is 19.1. The van der Waals surface area contributed by atoms with Crippen LogP contribution < -0.4 is 10.5 Å². The van der Waals surface area contributed by atoms with Gasteiger partial charge in [0.15, 0.2) is 0 Å². The maximum atomic E-state index is 12.9. The topological polar surface area (TPSA) is 52.3 Å². The lowest BCUT2D eigenvalue weighted by atomic mass is 10.1. The number of carbonyl (C=O) groups excluding carboxylic acids is 1. The van der Waals surface area contributed by atoms with Crippen LogP contribution in [0, 0.1) is 11.6 Å². The first-order valence-electron chi connectivity index (χ1n) is 3.39. The Morgan fingerprint density at radius 2 is 2.08 bits per heavy atom. The number of ether oxygens (including phenoxy) is 1. The summed E-state index contributed by atoms with van der Waals surface area (Å²) in [6.45, 7) is 0. The van der Waals surface area contributed by atoms with E-state index in [1.54, 1.807) is 0 Å². The third kappa shape index (κ3) is 1.74. The number of carbonyl (C=O) groups is 1. The molecule has 0 fully saturated rings. The van der Waals surface area contributed by atoms with Gasteiger partial charge >= 0.3 is 0 Å². The van der Waals surface area contributed by atoms with Crippen LogP contribution in [0.3, 0.4) is 0 Å². The van der Waals surface area contributed by atoms with E-state index >= 15 is 0 Å². The van der Waals surface area contributed by atoms with E-state index in [4.69, 9.17) is 5.73 Å². The quantitative estimate of drug-likeness (QED) is 0.752. The van der Waals surface area contributed by atoms with Crippen molar-refractivity contribution in [2.45, 2.75) is 0 Å². The molecule has 0 aromatic heterocycles. The van der Waals surface area contributed by atoms with Crippen LogP contribution in [0.1, 0.15) is 10.4 Å². The van der Waals surface area contributed by atoms with E-state index in [-0.39, 0.29) is 5.75 Å². The number of hydrogen-bond acceptors (Lipinski definition) is 2. The number of nitrogens with two attached hydrogens (primary N) is 1. The molecule has 3 nitrogen and oxygen atoms in total. The number of halogens is 2. The predicted molar refractivity (Wildman–Crippen MR) is 41.4 cm³/mol. The maximum Gasteiger partial charge on any atom is 0.255 e. The van der Waals surface area contributed by atoms with E-state index in [1.807, 2.05) is 0 Å². The Hall–Kier alpha value is -1.65. The van der Waals surface area contributed by atoms with Gasteiger partial charge in [-0.2, -0.15) is 0 Å². The van der Waals surface area contributed by atoms with Crippen LogP contribution in [0.2, 0.25) is 0 Å². The van der Waals surface area contributed by atoms with Crippen LogP contribution in [-0.4, -0.2) is 13.0 Å². The zero-order chi connectivity index (χ0) is 10.0. The second kappa shape index (κ2) is 3.38. The summed E-state index contributed by atoms with van der Waals surface area (Å²) in [6.07, 6.45) is 0. The van der Waals surface area contributed by atoms with Gasteiger partial charge in [-0.05, 0) is 0 Å². The molecule has 0 radical (unpaired) electrons. The number of hydrogen-bond donors (Lipinski definition) is 1. The zero-order valence-corrected chi connectivity index (χ0v) is 6.80. The number of benzene rings is 1. The molecule has 0 aliphatic carbocycles. The van der Waals surface area contributed by atoms with E-state index < -0.39 is 23.1 Å². The molecule has 0 atom stereocenters. The van der Waals surface area contributed by atoms with Crippen molar-refractivity contribution >= 4 is 5.91 Å². The Labute approximate surface area is 73.1 Å². The Balaban J connectivity index is 3.38. The van der Waals surface area contributed by atoms with Gasteiger partial charge in [0.05, 0.1) is 7.11 Å². The fraction of sp³-hybridized carbons (Fsp3) is 0.125. The lowest BCUT2D eigenvalue weighted by Gasteiger charge is -2.05. The number of primary amides is 1. The van der Waals surface area contributed by atoms with Crippen LogP contribution in [0.15, 0.2) is 12.1 Å². The Kier molecular flexibility index (Phi) is 2.46. The first-order chi connectivity index (χ1) is 6.06. The molecule has 0 unspecified atom stereocenters. The van der Waals surface area contributed by atoms with E-state index in [0.29, 0.717) is 6.07 Å². The molecule has 13 heavy (non-hydrogen) atoms. The Bertz CT molecular complexity index is 352. The van der Waals surface area contributed by atoms with Crippen LogP contribution in [-0.2, 0) is 0 Å². The molecule has 0 aliphatic heterocycles. The largest absolute Gasteiger partial charge is 0.496 e. The third-order valence-electron chi connectivity index (χ3n) is 1.49. The Morgan fingerprint density at radius 1 is 1.46 bits per heavy atom. The zero-order valence-electron chi connectivity index (χ0n) is 6.80. The van der Waals surface area contributed by atoms with Gasteiger partial charge in [0, 0.05) is 12.1 Å². The number of amides is 1. The van der Waals surface area contributed by atoms with Crippen molar-refractivity contribution in [3.8, 4) is 5.75 Å². The standard InChI is InChI=1S/C8H7F2NO2/c1-13-6-3-4(9)2-5(10)7(6)8(11)12/h2-3H,1H3,(H2,11,12). The van der Waals surface area contributed by atoms with Gasteiger partial charge in [-0.1, -0.05) is 0 Å². The second-order valence-electron chi connectivity index (χ2n) is 2.33. The maximum absolute atomic E-state index is 12.9. The normalized spacial score (nSPS) is 9.77. The highest BCUT2D eigenvalue weighted by Crippen LogP contribution is 2.22. The van der Waals surface area contributed by atoms with Gasteiger partial charge in [-0.15, -0.1) is 0 Å². The van der Waals surface area contributed by atoms with Crippen molar-refractivity contribution in [1.29, 1.82) is 0 Å². The molecule has 2 N–H and O–H groups in total. The van der Waals surface area contributed by atoms with Gasteiger partial charge < -0.3 is 10.5 Å². The molecule has 0 aliphatic rings. The molecular weight excluding hydrogens is 180 g/mol.